The van der Waals surface area contributed by atoms with Gasteiger partial charge in [0.05, 0.1) is 0 Å². The molecule has 4 heteroatoms. The van der Waals surface area contributed by atoms with E-state index in [0.29, 0.717) is 6.04 Å². The van der Waals surface area contributed by atoms with Gasteiger partial charge in [-0.3, -0.25) is 4.90 Å². The molecule has 3 atom stereocenters. The number of hydrogen-bond donors (Lipinski definition) is 1. The molecule has 1 aromatic carbocycles. The van der Waals surface area contributed by atoms with Crippen molar-refractivity contribution in [3.05, 3.63) is 29.6 Å². The van der Waals surface area contributed by atoms with Crippen LogP contribution in [-0.2, 0) is 0 Å². The molecule has 18 heavy (non-hydrogen) atoms. The predicted molar refractivity (Wildman–Crippen MR) is 68.0 cm³/mol. The number of nitrogens with two attached hydrogens (primary N) is 1. The number of likely N-dealkylation sites (N-methyl/N-ethyl adjacent to an activating group) is 1. The van der Waals surface area contributed by atoms with Crippen molar-refractivity contribution in [3.8, 4) is 5.75 Å². The van der Waals surface area contributed by atoms with Crippen molar-refractivity contribution in [2.45, 2.75) is 37.5 Å². The van der Waals surface area contributed by atoms with Gasteiger partial charge in [0.25, 0.3) is 0 Å². The Morgan fingerprint density at radius 2 is 2.22 bits per heavy atom. The number of nitrogens with zero attached hydrogens (tertiary/aromatic N) is 1. The van der Waals surface area contributed by atoms with Crippen molar-refractivity contribution in [3.63, 3.8) is 0 Å². The van der Waals surface area contributed by atoms with E-state index >= 15 is 0 Å². The maximum Gasteiger partial charge on any atom is 0.125 e. The van der Waals surface area contributed by atoms with Crippen LogP contribution in [0.5, 0.6) is 5.75 Å². The van der Waals surface area contributed by atoms with Gasteiger partial charge in [-0.1, -0.05) is 0 Å². The minimum absolute atomic E-state index is 0.136. The Morgan fingerprint density at radius 1 is 1.44 bits per heavy atom. The highest BCUT2D eigenvalue weighted by molar-refractivity contribution is 5.39. The summed E-state index contributed by atoms with van der Waals surface area (Å²) in [6.07, 6.45) is 1.74. The van der Waals surface area contributed by atoms with Gasteiger partial charge >= 0.3 is 0 Å². The molecule has 0 bridgehead atoms. The van der Waals surface area contributed by atoms with E-state index in [2.05, 4.69) is 18.9 Å². The first-order valence-electron chi connectivity index (χ1n) is 6.43. The molecule has 1 aromatic rings. The minimum Gasteiger partial charge on any atom is -0.485 e. The molecule has 2 aliphatic rings. The van der Waals surface area contributed by atoms with Crippen LogP contribution in [0, 0.1) is 5.82 Å². The van der Waals surface area contributed by atoms with Gasteiger partial charge in [-0.25, -0.2) is 4.39 Å². The lowest BCUT2D eigenvalue weighted by Crippen LogP contribution is -2.44. The molecule has 0 saturated carbocycles. The second-order valence-electron chi connectivity index (χ2n) is 5.75. The summed E-state index contributed by atoms with van der Waals surface area (Å²) in [4.78, 5) is 2.29. The highest BCUT2D eigenvalue weighted by atomic mass is 19.1. The van der Waals surface area contributed by atoms with Crippen LogP contribution in [0.3, 0.4) is 0 Å². The molecule has 1 fully saturated rings. The zero-order valence-electron chi connectivity index (χ0n) is 10.8. The van der Waals surface area contributed by atoms with E-state index in [1.165, 1.54) is 12.1 Å². The number of likely N-dealkylation sites (tertiary alicyclic amines) is 1. The zero-order chi connectivity index (χ0) is 12.9. The lowest BCUT2D eigenvalue weighted by molar-refractivity contribution is 0.0461. The van der Waals surface area contributed by atoms with Crippen LogP contribution < -0.4 is 10.5 Å². The lowest BCUT2D eigenvalue weighted by Gasteiger charge is -2.38. The molecule has 0 amide bonds. The van der Waals surface area contributed by atoms with Crippen LogP contribution in [0.2, 0.25) is 0 Å². The summed E-state index contributed by atoms with van der Waals surface area (Å²) in [6.45, 7) is 3.09. The van der Waals surface area contributed by atoms with E-state index in [1.54, 1.807) is 6.07 Å². The van der Waals surface area contributed by atoms with Gasteiger partial charge in [0.1, 0.15) is 17.2 Å². The molecule has 3 nitrogen and oxygen atoms in total. The summed E-state index contributed by atoms with van der Waals surface area (Å²) in [5, 5.41) is 0. The Balaban J connectivity index is 1.95. The van der Waals surface area contributed by atoms with E-state index < -0.39 is 0 Å². The molecule has 3 rings (SSSR count). The highest BCUT2D eigenvalue weighted by Gasteiger charge is 2.46. The van der Waals surface area contributed by atoms with Crippen molar-refractivity contribution in [2.24, 2.45) is 5.73 Å². The fraction of sp³-hybridized carbons (Fsp3) is 0.571. The summed E-state index contributed by atoms with van der Waals surface area (Å²) in [7, 11) is 2.11. The maximum atomic E-state index is 13.2. The molecule has 1 spiro atoms. The largest absolute Gasteiger partial charge is 0.485 e. The molecular formula is C14H19FN2O. The average molecular weight is 250 g/mol. The number of halogens is 1. The molecular weight excluding hydrogens is 231 g/mol. The number of hydrogen-bond acceptors (Lipinski definition) is 3. The summed E-state index contributed by atoms with van der Waals surface area (Å²) < 4.78 is 19.4. The van der Waals surface area contributed by atoms with E-state index in [1.807, 2.05) is 0 Å². The van der Waals surface area contributed by atoms with Gasteiger partial charge in [-0.05, 0) is 32.2 Å². The van der Waals surface area contributed by atoms with Gasteiger partial charge in [0.15, 0.2) is 0 Å². The third-order valence-corrected chi connectivity index (χ3v) is 4.25. The zero-order valence-corrected chi connectivity index (χ0v) is 10.8. The molecule has 0 aliphatic carbocycles. The van der Waals surface area contributed by atoms with Gasteiger partial charge in [-0.15, -0.1) is 0 Å². The van der Waals surface area contributed by atoms with Crippen LogP contribution in [0.1, 0.15) is 31.4 Å². The minimum atomic E-state index is -0.249. The molecule has 1 saturated heterocycles. The standard InChI is InChI=1S/C14H19FN2O/c1-9-6-14(8-17(9)2)7-12(16)11-5-10(15)3-4-13(11)18-14/h3-5,9,12H,6-8,16H2,1-2H3/t9?,12-,14?/m1/s1. The molecule has 0 aromatic heterocycles. The summed E-state index contributed by atoms with van der Waals surface area (Å²) in [6, 6.07) is 5.00. The van der Waals surface area contributed by atoms with Gasteiger partial charge in [0.2, 0.25) is 0 Å². The predicted octanol–water partition coefficient (Wildman–Crippen LogP) is 2.07. The Kier molecular flexibility index (Phi) is 2.61. The van der Waals surface area contributed by atoms with Crippen molar-refractivity contribution in [2.75, 3.05) is 13.6 Å². The molecule has 2 unspecified atom stereocenters. The monoisotopic (exact) mass is 250 g/mol. The highest BCUT2D eigenvalue weighted by Crippen LogP contribution is 2.44. The molecule has 2 N–H and O–H groups in total. The normalized spacial score (nSPS) is 35.6. The second-order valence-corrected chi connectivity index (χ2v) is 5.75. The Morgan fingerprint density at radius 3 is 2.89 bits per heavy atom. The first kappa shape index (κ1) is 11.9. The van der Waals surface area contributed by atoms with E-state index in [4.69, 9.17) is 10.5 Å². The van der Waals surface area contributed by atoms with Gasteiger partial charge in [-0.2, -0.15) is 0 Å². The lowest BCUT2D eigenvalue weighted by atomic mass is 9.86. The van der Waals surface area contributed by atoms with E-state index in [9.17, 15) is 4.39 Å². The Bertz CT molecular complexity index is 467. The topological polar surface area (TPSA) is 38.5 Å². The van der Waals surface area contributed by atoms with Crippen molar-refractivity contribution in [1.29, 1.82) is 0 Å². The van der Waals surface area contributed by atoms with Crippen LogP contribution in [0.15, 0.2) is 18.2 Å². The molecule has 98 valence electrons. The molecule has 0 radical (unpaired) electrons. The van der Waals surface area contributed by atoms with E-state index in [0.717, 1.165) is 30.7 Å². The quantitative estimate of drug-likeness (QED) is 0.766. The number of fused-ring (bicyclic) bond motifs is 1. The SMILES string of the molecule is CC1CC2(C[C@@H](N)c3cc(F)ccc3O2)CN1C. The van der Waals surface area contributed by atoms with Crippen LogP contribution in [-0.4, -0.2) is 30.1 Å². The number of ether oxygens (including phenoxy) is 1. The second kappa shape index (κ2) is 3.93. The molecule has 2 aliphatic heterocycles. The third-order valence-electron chi connectivity index (χ3n) is 4.25. The maximum absolute atomic E-state index is 13.2. The Hall–Kier alpha value is -1.13. The van der Waals surface area contributed by atoms with Crippen molar-refractivity contribution < 1.29 is 9.13 Å². The fourth-order valence-corrected chi connectivity index (χ4v) is 3.28. The van der Waals surface area contributed by atoms with Crippen LogP contribution in [0.25, 0.3) is 0 Å². The fourth-order valence-electron chi connectivity index (χ4n) is 3.28. The number of rotatable bonds is 0. The molecule has 2 heterocycles. The third kappa shape index (κ3) is 1.80. The van der Waals surface area contributed by atoms with Gasteiger partial charge in [0, 0.05) is 37.0 Å². The first-order chi connectivity index (χ1) is 8.49. The Labute approximate surface area is 107 Å². The smallest absolute Gasteiger partial charge is 0.125 e. The summed E-state index contributed by atoms with van der Waals surface area (Å²) in [5.41, 5.74) is 6.79. The summed E-state index contributed by atoms with van der Waals surface area (Å²) >= 11 is 0. The van der Waals surface area contributed by atoms with Crippen molar-refractivity contribution in [1.82, 2.24) is 4.90 Å². The van der Waals surface area contributed by atoms with Crippen molar-refractivity contribution >= 4 is 0 Å². The number of benzene rings is 1. The van der Waals surface area contributed by atoms with Crippen LogP contribution >= 0.6 is 0 Å². The summed E-state index contributed by atoms with van der Waals surface area (Å²) in [5.74, 6) is 0.498. The first-order valence-corrected chi connectivity index (χ1v) is 6.43. The van der Waals surface area contributed by atoms with Gasteiger partial charge < -0.3 is 10.5 Å². The van der Waals surface area contributed by atoms with E-state index in [-0.39, 0.29) is 17.5 Å². The van der Waals surface area contributed by atoms with Crippen LogP contribution in [0.4, 0.5) is 4.39 Å². The average Bonchev–Trinajstić information content (AvgIpc) is 2.55.